The first-order valence-corrected chi connectivity index (χ1v) is 4.91. The number of nitrogens with one attached hydrogen (secondary N) is 1. The largest absolute Gasteiger partial charge is 0.382 e. The van der Waals surface area contributed by atoms with E-state index in [0.29, 0.717) is 16.2 Å². The number of halogens is 2. The summed E-state index contributed by atoms with van der Waals surface area (Å²) in [7, 11) is 0. The highest BCUT2D eigenvalue weighted by Crippen LogP contribution is 2.21. The zero-order chi connectivity index (χ0) is 9.84. The average molecular weight is 219 g/mol. The van der Waals surface area contributed by atoms with Gasteiger partial charge in [-0.15, -0.1) is 0 Å². The van der Waals surface area contributed by atoms with Crippen LogP contribution in [0.25, 0.3) is 0 Å². The van der Waals surface area contributed by atoms with E-state index in [4.69, 9.17) is 23.2 Å². The predicted molar refractivity (Wildman–Crippen MR) is 57.6 cm³/mol. The summed E-state index contributed by atoms with van der Waals surface area (Å²) in [5.74, 6) is 0.576. The Labute approximate surface area is 88.3 Å². The molecule has 0 aliphatic heterocycles. The van der Waals surface area contributed by atoms with Gasteiger partial charge in [0.2, 0.25) is 0 Å². The fourth-order valence-electron chi connectivity index (χ4n) is 0.858. The number of pyridine rings is 1. The molecule has 0 spiro atoms. The van der Waals surface area contributed by atoms with E-state index in [-0.39, 0.29) is 0 Å². The molecule has 13 heavy (non-hydrogen) atoms. The van der Waals surface area contributed by atoms with Crippen LogP contribution in [0.3, 0.4) is 0 Å². The molecule has 0 saturated carbocycles. The minimum Gasteiger partial charge on any atom is -0.382 e. The van der Waals surface area contributed by atoms with E-state index >= 15 is 0 Å². The summed E-state index contributed by atoms with van der Waals surface area (Å²) in [5, 5.41) is 4.03. The highest BCUT2D eigenvalue weighted by atomic mass is 35.5. The van der Waals surface area contributed by atoms with Crippen molar-refractivity contribution in [3.05, 3.63) is 22.4 Å². The van der Waals surface area contributed by atoms with Crippen LogP contribution in [0.5, 0.6) is 0 Å². The van der Waals surface area contributed by atoms with Crippen molar-refractivity contribution in [1.29, 1.82) is 0 Å². The maximum atomic E-state index is 5.85. The van der Waals surface area contributed by atoms with Crippen LogP contribution in [0.1, 0.15) is 13.8 Å². The van der Waals surface area contributed by atoms with Gasteiger partial charge in [-0.1, -0.05) is 37.0 Å². The molecule has 0 fully saturated rings. The van der Waals surface area contributed by atoms with Gasteiger partial charge in [0.15, 0.2) is 5.15 Å². The Balaban J connectivity index is 2.67. The second-order valence-corrected chi connectivity index (χ2v) is 3.99. The predicted octanol–water partition coefficient (Wildman–Crippen LogP) is 3.46. The quantitative estimate of drug-likeness (QED) is 0.787. The number of hydrogen-bond donors (Lipinski definition) is 1. The molecular weight excluding hydrogens is 207 g/mol. The lowest BCUT2D eigenvalue weighted by molar-refractivity contribution is 0.689. The summed E-state index contributed by atoms with van der Waals surface area (Å²) in [6, 6.07) is 3.55. The van der Waals surface area contributed by atoms with Crippen molar-refractivity contribution in [3.63, 3.8) is 0 Å². The Morgan fingerprint density at radius 2 is 2.08 bits per heavy atom. The summed E-state index contributed by atoms with van der Waals surface area (Å²) in [6.45, 7) is 5.14. The van der Waals surface area contributed by atoms with Gasteiger partial charge in [-0.05, 0) is 18.1 Å². The van der Waals surface area contributed by atoms with Crippen LogP contribution in [-0.4, -0.2) is 11.5 Å². The molecular formula is C9H12Cl2N2. The average Bonchev–Trinajstić information content (AvgIpc) is 2.02. The highest BCUT2D eigenvalue weighted by Gasteiger charge is 2.02. The molecule has 2 nitrogen and oxygen atoms in total. The van der Waals surface area contributed by atoms with Gasteiger partial charge in [-0.2, -0.15) is 0 Å². The van der Waals surface area contributed by atoms with E-state index in [9.17, 15) is 0 Å². The maximum Gasteiger partial charge on any atom is 0.153 e. The lowest BCUT2D eigenvalue weighted by atomic mass is 10.2. The Morgan fingerprint density at radius 3 is 2.62 bits per heavy atom. The first-order chi connectivity index (χ1) is 6.09. The van der Waals surface area contributed by atoms with Crippen LogP contribution in [0.4, 0.5) is 5.69 Å². The van der Waals surface area contributed by atoms with E-state index in [0.717, 1.165) is 12.2 Å². The Morgan fingerprint density at radius 1 is 1.38 bits per heavy atom. The number of hydrogen-bond acceptors (Lipinski definition) is 2. The van der Waals surface area contributed by atoms with Crippen LogP contribution in [-0.2, 0) is 0 Å². The minimum atomic E-state index is 0.417. The molecule has 0 radical (unpaired) electrons. The molecule has 72 valence electrons. The van der Waals surface area contributed by atoms with Crippen LogP contribution in [0.2, 0.25) is 10.3 Å². The first kappa shape index (κ1) is 10.6. The smallest absolute Gasteiger partial charge is 0.153 e. The summed E-state index contributed by atoms with van der Waals surface area (Å²) >= 11 is 11.5. The van der Waals surface area contributed by atoms with Gasteiger partial charge in [-0.25, -0.2) is 4.98 Å². The summed E-state index contributed by atoms with van der Waals surface area (Å²) in [6.07, 6.45) is 0. The van der Waals surface area contributed by atoms with Gasteiger partial charge >= 0.3 is 0 Å². The zero-order valence-corrected chi connectivity index (χ0v) is 9.15. The minimum absolute atomic E-state index is 0.417. The molecule has 1 aromatic rings. The second-order valence-electron chi connectivity index (χ2n) is 3.25. The van der Waals surface area contributed by atoms with Crippen molar-refractivity contribution < 1.29 is 0 Å². The van der Waals surface area contributed by atoms with Gasteiger partial charge in [-0.3, -0.25) is 0 Å². The van der Waals surface area contributed by atoms with E-state index < -0.39 is 0 Å². The lowest BCUT2D eigenvalue weighted by Crippen LogP contribution is -2.08. The number of rotatable bonds is 3. The highest BCUT2D eigenvalue weighted by molar-refractivity contribution is 6.34. The molecule has 0 amide bonds. The summed E-state index contributed by atoms with van der Waals surface area (Å²) in [5.41, 5.74) is 0.833. The molecule has 0 saturated heterocycles. The van der Waals surface area contributed by atoms with Gasteiger partial charge in [0.25, 0.3) is 0 Å². The molecule has 1 N–H and O–H groups in total. The molecule has 4 heteroatoms. The third kappa shape index (κ3) is 3.41. The topological polar surface area (TPSA) is 24.9 Å². The van der Waals surface area contributed by atoms with Crippen LogP contribution >= 0.6 is 23.2 Å². The number of aromatic nitrogens is 1. The standard InChI is InChI=1S/C9H12Cl2N2/c1-6(2)5-12-7-3-4-8(10)13-9(7)11/h3-4,6,12H,5H2,1-2H3. The van der Waals surface area contributed by atoms with E-state index in [1.807, 2.05) is 6.07 Å². The Bertz CT molecular complexity index is 287. The van der Waals surface area contributed by atoms with Gasteiger partial charge in [0.05, 0.1) is 5.69 Å². The molecule has 0 unspecified atom stereocenters. The van der Waals surface area contributed by atoms with Gasteiger partial charge in [0.1, 0.15) is 5.15 Å². The van der Waals surface area contributed by atoms with Crippen molar-refractivity contribution >= 4 is 28.9 Å². The third-order valence-corrected chi connectivity index (χ3v) is 2.01. The van der Waals surface area contributed by atoms with E-state index in [1.165, 1.54) is 0 Å². The SMILES string of the molecule is CC(C)CNc1ccc(Cl)nc1Cl. The molecule has 0 aliphatic rings. The molecule has 0 bridgehead atoms. The molecule has 0 aliphatic carbocycles. The number of nitrogens with zero attached hydrogens (tertiary/aromatic N) is 1. The van der Waals surface area contributed by atoms with Crippen molar-refractivity contribution in [2.24, 2.45) is 5.92 Å². The molecule has 1 heterocycles. The lowest BCUT2D eigenvalue weighted by Gasteiger charge is -2.09. The van der Waals surface area contributed by atoms with Crippen molar-refractivity contribution in [3.8, 4) is 0 Å². The molecule has 1 aromatic heterocycles. The van der Waals surface area contributed by atoms with E-state index in [2.05, 4.69) is 24.1 Å². The van der Waals surface area contributed by atoms with E-state index in [1.54, 1.807) is 6.07 Å². The Kier molecular flexibility index (Phi) is 3.82. The molecule has 0 aromatic carbocycles. The van der Waals surface area contributed by atoms with Crippen LogP contribution in [0.15, 0.2) is 12.1 Å². The summed E-state index contributed by atoms with van der Waals surface area (Å²) < 4.78 is 0. The van der Waals surface area contributed by atoms with Gasteiger partial charge < -0.3 is 5.32 Å². The second kappa shape index (κ2) is 4.68. The van der Waals surface area contributed by atoms with Crippen molar-refractivity contribution in [2.45, 2.75) is 13.8 Å². The normalized spacial score (nSPS) is 10.5. The van der Waals surface area contributed by atoms with Crippen LogP contribution in [0, 0.1) is 5.92 Å². The van der Waals surface area contributed by atoms with Crippen LogP contribution < -0.4 is 5.32 Å². The van der Waals surface area contributed by atoms with Crippen molar-refractivity contribution in [1.82, 2.24) is 4.98 Å². The maximum absolute atomic E-state index is 5.85. The molecule has 0 atom stereocenters. The van der Waals surface area contributed by atoms with Crippen molar-refractivity contribution in [2.75, 3.05) is 11.9 Å². The fraction of sp³-hybridized carbons (Fsp3) is 0.444. The monoisotopic (exact) mass is 218 g/mol. The first-order valence-electron chi connectivity index (χ1n) is 4.15. The molecule has 1 rings (SSSR count). The fourth-order valence-corrected chi connectivity index (χ4v) is 1.27. The number of anilines is 1. The summed E-state index contributed by atoms with van der Waals surface area (Å²) in [4.78, 5) is 3.92. The Hall–Kier alpha value is -0.470. The van der Waals surface area contributed by atoms with Gasteiger partial charge in [0, 0.05) is 6.54 Å². The zero-order valence-electron chi connectivity index (χ0n) is 7.64. The third-order valence-electron chi connectivity index (χ3n) is 1.52.